The van der Waals surface area contributed by atoms with Crippen LogP contribution in [0.3, 0.4) is 0 Å². The second-order valence-corrected chi connectivity index (χ2v) is 8.93. The van der Waals surface area contributed by atoms with Gasteiger partial charge < -0.3 is 5.32 Å². The van der Waals surface area contributed by atoms with Gasteiger partial charge in [0.2, 0.25) is 15.9 Å². The quantitative estimate of drug-likeness (QED) is 0.785. The third kappa shape index (κ3) is 4.76. The lowest BCUT2D eigenvalue weighted by Crippen LogP contribution is -2.25. The maximum atomic E-state index is 12.0. The summed E-state index contributed by atoms with van der Waals surface area (Å²) in [6.07, 6.45) is 1.07. The maximum absolute atomic E-state index is 12.0. The van der Waals surface area contributed by atoms with Crippen LogP contribution in [0.2, 0.25) is 0 Å². The first-order chi connectivity index (χ1) is 12.0. The SMILES string of the molecule is O=C(CCSc1ccccc1)Nc1ccc(N2CCCS2(=O)=O)cc1. The monoisotopic (exact) mass is 376 g/mol. The highest BCUT2D eigenvalue weighted by Crippen LogP contribution is 2.25. The lowest BCUT2D eigenvalue weighted by Gasteiger charge is -2.17. The fraction of sp³-hybridized carbons (Fsp3) is 0.278. The van der Waals surface area contributed by atoms with Crippen molar-refractivity contribution < 1.29 is 13.2 Å². The Kier molecular flexibility index (Phi) is 5.65. The third-order valence-corrected chi connectivity index (χ3v) is 6.76. The molecule has 0 spiro atoms. The minimum absolute atomic E-state index is 0.0509. The Hall–Kier alpha value is -1.99. The molecule has 1 heterocycles. The fourth-order valence-electron chi connectivity index (χ4n) is 2.64. The number of hydrogen-bond acceptors (Lipinski definition) is 4. The van der Waals surface area contributed by atoms with Gasteiger partial charge in [0, 0.05) is 29.3 Å². The molecule has 2 aromatic carbocycles. The van der Waals surface area contributed by atoms with E-state index >= 15 is 0 Å². The number of carbonyl (C=O) groups excluding carboxylic acids is 1. The highest BCUT2D eigenvalue weighted by molar-refractivity contribution is 7.99. The molecule has 132 valence electrons. The summed E-state index contributed by atoms with van der Waals surface area (Å²) in [4.78, 5) is 13.2. The van der Waals surface area contributed by atoms with Crippen LogP contribution in [0.25, 0.3) is 0 Å². The minimum Gasteiger partial charge on any atom is -0.326 e. The van der Waals surface area contributed by atoms with Gasteiger partial charge in [-0.1, -0.05) is 18.2 Å². The zero-order valence-corrected chi connectivity index (χ0v) is 15.4. The molecule has 0 saturated carbocycles. The number of benzene rings is 2. The average molecular weight is 377 g/mol. The largest absolute Gasteiger partial charge is 0.326 e. The van der Waals surface area contributed by atoms with E-state index in [-0.39, 0.29) is 11.7 Å². The molecule has 1 amide bonds. The molecular weight excluding hydrogens is 356 g/mol. The molecule has 7 heteroatoms. The molecule has 0 aromatic heterocycles. The average Bonchev–Trinajstić information content (AvgIpc) is 2.96. The summed E-state index contributed by atoms with van der Waals surface area (Å²) in [7, 11) is -3.17. The summed E-state index contributed by atoms with van der Waals surface area (Å²) >= 11 is 1.64. The molecule has 1 fully saturated rings. The lowest BCUT2D eigenvalue weighted by molar-refractivity contribution is -0.115. The number of amides is 1. The van der Waals surface area contributed by atoms with Gasteiger partial charge in [0.1, 0.15) is 0 Å². The van der Waals surface area contributed by atoms with Gasteiger partial charge in [0.25, 0.3) is 0 Å². The van der Waals surface area contributed by atoms with Crippen molar-refractivity contribution in [3.05, 3.63) is 54.6 Å². The van der Waals surface area contributed by atoms with Crippen LogP contribution in [0.15, 0.2) is 59.5 Å². The summed E-state index contributed by atoms with van der Waals surface area (Å²) in [5.41, 5.74) is 1.32. The van der Waals surface area contributed by atoms with Crippen LogP contribution < -0.4 is 9.62 Å². The summed E-state index contributed by atoms with van der Waals surface area (Å²) in [5, 5.41) is 2.85. The van der Waals surface area contributed by atoms with Crippen molar-refractivity contribution >= 4 is 39.1 Å². The summed E-state index contributed by atoms with van der Waals surface area (Å²) < 4.78 is 25.3. The smallest absolute Gasteiger partial charge is 0.235 e. The number of anilines is 2. The van der Waals surface area contributed by atoms with Crippen molar-refractivity contribution in [3.8, 4) is 0 Å². The topological polar surface area (TPSA) is 66.5 Å². The fourth-order valence-corrected chi connectivity index (χ4v) is 5.08. The molecule has 1 aliphatic rings. The van der Waals surface area contributed by atoms with E-state index in [0.717, 1.165) is 4.90 Å². The van der Waals surface area contributed by atoms with Gasteiger partial charge >= 0.3 is 0 Å². The second-order valence-electron chi connectivity index (χ2n) is 5.75. The van der Waals surface area contributed by atoms with E-state index in [0.29, 0.717) is 36.5 Å². The zero-order valence-electron chi connectivity index (χ0n) is 13.7. The molecule has 0 radical (unpaired) electrons. The van der Waals surface area contributed by atoms with Crippen molar-refractivity contribution in [2.75, 3.05) is 27.7 Å². The van der Waals surface area contributed by atoms with Gasteiger partial charge in [0.05, 0.1) is 11.4 Å². The molecule has 5 nitrogen and oxygen atoms in total. The number of thioether (sulfide) groups is 1. The number of nitrogens with one attached hydrogen (secondary N) is 1. The van der Waals surface area contributed by atoms with Crippen LogP contribution >= 0.6 is 11.8 Å². The first kappa shape index (κ1) is 17.8. The Balaban J connectivity index is 1.50. The number of sulfonamides is 1. The summed E-state index contributed by atoms with van der Waals surface area (Å²) in [5.74, 6) is 0.856. The number of hydrogen-bond donors (Lipinski definition) is 1. The van der Waals surface area contributed by atoms with Gasteiger partial charge in [-0.05, 0) is 42.8 Å². The van der Waals surface area contributed by atoms with E-state index in [2.05, 4.69) is 5.32 Å². The van der Waals surface area contributed by atoms with Crippen molar-refractivity contribution in [2.24, 2.45) is 0 Å². The molecule has 0 aliphatic carbocycles. The predicted octanol–water partition coefficient (Wildman–Crippen LogP) is 3.35. The second kappa shape index (κ2) is 7.93. The summed E-state index contributed by atoms with van der Waals surface area (Å²) in [6.45, 7) is 0.519. The van der Waals surface area contributed by atoms with Gasteiger partial charge in [-0.25, -0.2) is 8.42 Å². The normalized spacial score (nSPS) is 15.9. The highest BCUT2D eigenvalue weighted by Gasteiger charge is 2.28. The van der Waals surface area contributed by atoms with Crippen LogP contribution in [-0.2, 0) is 14.8 Å². The van der Waals surface area contributed by atoms with E-state index < -0.39 is 10.0 Å². The van der Waals surface area contributed by atoms with Crippen LogP contribution in [0.5, 0.6) is 0 Å². The lowest BCUT2D eigenvalue weighted by atomic mass is 10.2. The molecule has 0 bridgehead atoms. The number of carbonyl (C=O) groups is 1. The van der Waals surface area contributed by atoms with Gasteiger partial charge in [-0.15, -0.1) is 11.8 Å². The minimum atomic E-state index is -3.17. The van der Waals surface area contributed by atoms with Crippen LogP contribution in [0.4, 0.5) is 11.4 Å². The molecule has 0 unspecified atom stereocenters. The molecule has 0 atom stereocenters. The maximum Gasteiger partial charge on any atom is 0.235 e. The van der Waals surface area contributed by atoms with E-state index in [1.54, 1.807) is 36.0 Å². The van der Waals surface area contributed by atoms with E-state index in [9.17, 15) is 13.2 Å². The highest BCUT2D eigenvalue weighted by atomic mass is 32.2. The third-order valence-electron chi connectivity index (χ3n) is 3.88. The van der Waals surface area contributed by atoms with Gasteiger partial charge in [-0.3, -0.25) is 9.10 Å². The molecule has 1 N–H and O–H groups in total. The molecular formula is C18H20N2O3S2. The van der Waals surface area contributed by atoms with Crippen LogP contribution in [-0.4, -0.2) is 32.4 Å². The molecule has 1 saturated heterocycles. The van der Waals surface area contributed by atoms with Crippen molar-refractivity contribution in [2.45, 2.75) is 17.7 Å². The molecule has 2 aromatic rings. The van der Waals surface area contributed by atoms with Crippen molar-refractivity contribution in [3.63, 3.8) is 0 Å². The molecule has 25 heavy (non-hydrogen) atoms. The first-order valence-electron chi connectivity index (χ1n) is 8.13. The van der Waals surface area contributed by atoms with Crippen LogP contribution in [0.1, 0.15) is 12.8 Å². The molecule has 1 aliphatic heterocycles. The van der Waals surface area contributed by atoms with E-state index in [4.69, 9.17) is 0 Å². The Bertz CT molecular complexity index is 821. The Morgan fingerprint density at radius 1 is 1.08 bits per heavy atom. The summed E-state index contributed by atoms with van der Waals surface area (Å²) in [6, 6.07) is 16.9. The zero-order chi connectivity index (χ0) is 17.7. The number of nitrogens with zero attached hydrogens (tertiary/aromatic N) is 1. The Morgan fingerprint density at radius 3 is 2.44 bits per heavy atom. The Labute approximate surface area is 152 Å². The van der Waals surface area contributed by atoms with Gasteiger partial charge in [-0.2, -0.15) is 0 Å². The van der Waals surface area contributed by atoms with E-state index in [1.807, 2.05) is 30.3 Å². The predicted molar refractivity (Wildman–Crippen MR) is 103 cm³/mol. The van der Waals surface area contributed by atoms with Gasteiger partial charge in [0.15, 0.2) is 0 Å². The standard InChI is InChI=1S/C18H20N2O3S2/c21-18(11-13-24-17-5-2-1-3-6-17)19-15-7-9-16(10-8-15)20-12-4-14-25(20,22)23/h1-3,5-10H,4,11-14H2,(H,19,21). The van der Waals surface area contributed by atoms with Crippen molar-refractivity contribution in [1.82, 2.24) is 0 Å². The number of rotatable bonds is 6. The van der Waals surface area contributed by atoms with Crippen LogP contribution in [0, 0.1) is 0 Å². The molecule has 3 rings (SSSR count). The van der Waals surface area contributed by atoms with E-state index in [1.165, 1.54) is 4.31 Å². The first-order valence-corrected chi connectivity index (χ1v) is 10.7. The Morgan fingerprint density at radius 2 is 1.80 bits per heavy atom. The van der Waals surface area contributed by atoms with Crippen molar-refractivity contribution in [1.29, 1.82) is 0 Å².